The van der Waals surface area contributed by atoms with E-state index in [1.807, 2.05) is 25.1 Å². The molecule has 3 rings (SSSR count). The van der Waals surface area contributed by atoms with Crippen LogP contribution in [0.2, 0.25) is 0 Å². The first-order valence-corrected chi connectivity index (χ1v) is 9.85. The number of benzene rings is 2. The minimum absolute atomic E-state index is 0.0206. The van der Waals surface area contributed by atoms with Crippen molar-refractivity contribution in [2.75, 3.05) is 38.2 Å². The average Bonchev–Trinajstić information content (AvgIpc) is 2.75. The van der Waals surface area contributed by atoms with Crippen LogP contribution in [0.4, 0.5) is 5.69 Å². The number of nitrogens with two attached hydrogens (primary N) is 1. The number of ether oxygens (including phenoxy) is 1. The van der Waals surface area contributed by atoms with Crippen molar-refractivity contribution >= 4 is 17.5 Å². The Morgan fingerprint density at radius 3 is 2.34 bits per heavy atom. The number of nitrogens with one attached hydrogen (secondary N) is 2. The Morgan fingerprint density at radius 1 is 1.07 bits per heavy atom. The van der Waals surface area contributed by atoms with E-state index in [9.17, 15) is 9.59 Å². The molecule has 0 aliphatic carbocycles. The number of rotatable bonds is 8. The fourth-order valence-corrected chi connectivity index (χ4v) is 3.33. The summed E-state index contributed by atoms with van der Waals surface area (Å²) in [5.74, 6) is -0.633. The molecule has 1 heterocycles. The van der Waals surface area contributed by atoms with Crippen LogP contribution in [0.25, 0.3) is 0 Å². The Labute approximate surface area is 171 Å². The Balaban J connectivity index is 1.64. The molecule has 2 aromatic carbocycles. The van der Waals surface area contributed by atoms with Crippen molar-refractivity contribution in [1.82, 2.24) is 10.2 Å². The second-order valence-electron chi connectivity index (χ2n) is 7.20. The van der Waals surface area contributed by atoms with Crippen LogP contribution in [0.15, 0.2) is 54.6 Å². The monoisotopic (exact) mass is 396 g/mol. The summed E-state index contributed by atoms with van der Waals surface area (Å²) in [5.41, 5.74) is 7.42. The highest BCUT2D eigenvalue weighted by molar-refractivity contribution is 5.96. The summed E-state index contributed by atoms with van der Waals surface area (Å²) in [6.07, 6.45) is 0. The summed E-state index contributed by atoms with van der Waals surface area (Å²) in [4.78, 5) is 26.2. The van der Waals surface area contributed by atoms with Crippen LogP contribution in [-0.4, -0.2) is 55.6 Å². The van der Waals surface area contributed by atoms with Crippen molar-refractivity contribution in [2.45, 2.75) is 19.0 Å². The van der Waals surface area contributed by atoms with Gasteiger partial charge < -0.3 is 15.8 Å². The van der Waals surface area contributed by atoms with Crippen molar-refractivity contribution in [3.63, 3.8) is 0 Å². The van der Waals surface area contributed by atoms with Gasteiger partial charge in [-0.25, -0.2) is 0 Å². The van der Waals surface area contributed by atoms with Crippen molar-refractivity contribution in [3.8, 4) is 0 Å². The van der Waals surface area contributed by atoms with Crippen LogP contribution in [0.5, 0.6) is 0 Å². The van der Waals surface area contributed by atoms with Gasteiger partial charge in [-0.05, 0) is 36.8 Å². The van der Waals surface area contributed by atoms with Crippen LogP contribution < -0.4 is 16.4 Å². The third-order valence-electron chi connectivity index (χ3n) is 5.03. The van der Waals surface area contributed by atoms with E-state index in [2.05, 4.69) is 27.7 Å². The molecule has 2 amide bonds. The Morgan fingerprint density at radius 2 is 1.72 bits per heavy atom. The molecule has 1 saturated heterocycles. The summed E-state index contributed by atoms with van der Waals surface area (Å²) in [5, 5.41) is 6.34. The van der Waals surface area contributed by atoms with E-state index in [1.54, 1.807) is 24.3 Å². The van der Waals surface area contributed by atoms with E-state index in [4.69, 9.17) is 10.5 Å². The fraction of sp³-hybridized carbons (Fsp3) is 0.364. The predicted octanol–water partition coefficient (Wildman–Crippen LogP) is 1.78. The molecular formula is C22H28N4O3. The highest BCUT2D eigenvalue weighted by Crippen LogP contribution is 2.17. The number of morpholine rings is 1. The summed E-state index contributed by atoms with van der Waals surface area (Å²) in [6.45, 7) is 5.90. The summed E-state index contributed by atoms with van der Waals surface area (Å²) < 4.78 is 5.44. The highest BCUT2D eigenvalue weighted by Gasteiger charge is 2.22. The van der Waals surface area contributed by atoms with Gasteiger partial charge in [0.2, 0.25) is 11.8 Å². The molecule has 0 spiro atoms. The van der Waals surface area contributed by atoms with E-state index >= 15 is 0 Å². The normalized spacial score (nSPS) is 16.7. The molecule has 0 radical (unpaired) electrons. The molecule has 0 aromatic heterocycles. The minimum atomic E-state index is -0.494. The van der Waals surface area contributed by atoms with E-state index in [0.717, 1.165) is 38.4 Å². The number of hydrogen-bond acceptors (Lipinski definition) is 5. The van der Waals surface area contributed by atoms with Gasteiger partial charge in [-0.3, -0.25) is 19.8 Å². The van der Waals surface area contributed by atoms with E-state index in [-0.39, 0.29) is 11.9 Å². The maximum Gasteiger partial charge on any atom is 0.248 e. The van der Waals surface area contributed by atoms with Gasteiger partial charge in [-0.2, -0.15) is 0 Å². The first-order valence-electron chi connectivity index (χ1n) is 9.85. The van der Waals surface area contributed by atoms with Crippen LogP contribution in [0.3, 0.4) is 0 Å². The molecule has 2 atom stereocenters. The van der Waals surface area contributed by atoms with E-state index in [0.29, 0.717) is 11.3 Å². The Kier molecular flexibility index (Phi) is 7.35. The number of anilines is 1. The lowest BCUT2D eigenvalue weighted by Gasteiger charge is -2.32. The number of hydrogen-bond donors (Lipinski definition) is 3. The third-order valence-corrected chi connectivity index (χ3v) is 5.03. The number of carbonyl (C=O) groups is 2. The number of nitrogens with zero attached hydrogens (tertiary/aromatic N) is 1. The lowest BCUT2D eigenvalue weighted by molar-refractivity contribution is -0.118. The predicted molar refractivity (Wildman–Crippen MR) is 113 cm³/mol. The molecule has 4 N–H and O–H groups in total. The van der Waals surface area contributed by atoms with Gasteiger partial charge in [0.15, 0.2) is 0 Å². The molecule has 1 aliphatic rings. The zero-order valence-corrected chi connectivity index (χ0v) is 16.6. The first kappa shape index (κ1) is 21.0. The maximum absolute atomic E-state index is 12.7. The zero-order valence-electron chi connectivity index (χ0n) is 16.6. The molecule has 1 aliphatic heterocycles. The number of primary amides is 1. The fourth-order valence-electron chi connectivity index (χ4n) is 3.33. The van der Waals surface area contributed by atoms with Crippen molar-refractivity contribution in [2.24, 2.45) is 5.73 Å². The summed E-state index contributed by atoms with van der Waals surface area (Å²) in [7, 11) is 0. The Hall–Kier alpha value is -2.74. The van der Waals surface area contributed by atoms with Gasteiger partial charge in [0.05, 0.1) is 19.3 Å². The molecule has 1 fully saturated rings. The van der Waals surface area contributed by atoms with Gasteiger partial charge in [0.1, 0.15) is 0 Å². The maximum atomic E-state index is 12.7. The SMILES string of the molecule is C[C@H](N[C@H](CN1CCOCC1)c1ccccc1)C(=O)Nc1ccc(C(N)=O)cc1. The van der Waals surface area contributed by atoms with E-state index in [1.165, 1.54) is 0 Å². The molecule has 7 heteroatoms. The molecule has 154 valence electrons. The average molecular weight is 396 g/mol. The molecule has 0 unspecified atom stereocenters. The third kappa shape index (κ3) is 6.12. The highest BCUT2D eigenvalue weighted by atomic mass is 16.5. The van der Waals surface area contributed by atoms with Gasteiger partial charge >= 0.3 is 0 Å². The molecule has 29 heavy (non-hydrogen) atoms. The van der Waals surface area contributed by atoms with Crippen molar-refractivity contribution in [3.05, 3.63) is 65.7 Å². The van der Waals surface area contributed by atoms with Gasteiger partial charge in [-0.1, -0.05) is 30.3 Å². The minimum Gasteiger partial charge on any atom is -0.379 e. The summed E-state index contributed by atoms with van der Waals surface area (Å²) in [6, 6.07) is 16.3. The van der Waals surface area contributed by atoms with Crippen molar-refractivity contribution < 1.29 is 14.3 Å². The van der Waals surface area contributed by atoms with Crippen LogP contribution in [-0.2, 0) is 9.53 Å². The standard InChI is InChI=1S/C22H28N4O3/c1-16(22(28)25-19-9-7-18(8-10-19)21(23)27)24-20(17-5-3-2-4-6-17)15-26-11-13-29-14-12-26/h2-10,16,20,24H,11-15H2,1H3,(H2,23,27)(H,25,28)/t16-,20+/m0/s1. The lowest BCUT2D eigenvalue weighted by Crippen LogP contribution is -2.46. The van der Waals surface area contributed by atoms with Gasteiger partial charge in [0.25, 0.3) is 0 Å². The first-order chi connectivity index (χ1) is 14.0. The second kappa shape index (κ2) is 10.2. The van der Waals surface area contributed by atoms with E-state index < -0.39 is 11.9 Å². The number of carbonyl (C=O) groups excluding carboxylic acids is 2. The molecule has 7 nitrogen and oxygen atoms in total. The second-order valence-corrected chi connectivity index (χ2v) is 7.20. The van der Waals surface area contributed by atoms with Crippen LogP contribution >= 0.6 is 0 Å². The molecular weight excluding hydrogens is 368 g/mol. The van der Waals surface area contributed by atoms with Crippen LogP contribution in [0, 0.1) is 0 Å². The number of amides is 2. The zero-order chi connectivity index (χ0) is 20.6. The van der Waals surface area contributed by atoms with Gasteiger partial charge in [-0.15, -0.1) is 0 Å². The molecule has 0 saturated carbocycles. The topological polar surface area (TPSA) is 96.7 Å². The smallest absolute Gasteiger partial charge is 0.248 e. The molecule has 2 aromatic rings. The lowest BCUT2D eigenvalue weighted by atomic mass is 10.0. The molecule has 0 bridgehead atoms. The largest absolute Gasteiger partial charge is 0.379 e. The quantitative estimate of drug-likeness (QED) is 0.632. The van der Waals surface area contributed by atoms with Crippen LogP contribution in [0.1, 0.15) is 28.9 Å². The summed E-state index contributed by atoms with van der Waals surface area (Å²) >= 11 is 0. The van der Waals surface area contributed by atoms with Crippen molar-refractivity contribution in [1.29, 1.82) is 0 Å². The Bertz CT molecular complexity index is 805. The van der Waals surface area contributed by atoms with Gasteiger partial charge in [0, 0.05) is 36.9 Å².